The molecule has 0 spiro atoms. The third-order valence-corrected chi connectivity index (χ3v) is 4.05. The van der Waals surface area contributed by atoms with Crippen LogP contribution >= 0.6 is 0 Å². The molecule has 26 heavy (non-hydrogen) atoms. The van der Waals surface area contributed by atoms with Crippen molar-refractivity contribution >= 4 is 23.4 Å². The molecule has 1 fully saturated rings. The minimum absolute atomic E-state index is 0.0411. The highest BCUT2D eigenvalue weighted by Gasteiger charge is 2.27. The number of carbonyl (C=O) groups is 2. The summed E-state index contributed by atoms with van der Waals surface area (Å²) in [5.41, 5.74) is 5.88. The summed E-state index contributed by atoms with van der Waals surface area (Å²) in [4.78, 5) is 25.2. The molecule has 7 nitrogen and oxygen atoms in total. The Bertz CT molecular complexity index is 680. The maximum atomic E-state index is 14.1. The molecule has 0 aromatic heterocycles. The fourth-order valence-electron chi connectivity index (χ4n) is 2.73. The van der Waals surface area contributed by atoms with Crippen molar-refractivity contribution in [3.63, 3.8) is 0 Å². The highest BCUT2D eigenvalue weighted by atomic mass is 19.1. The highest BCUT2D eigenvalue weighted by molar-refractivity contribution is 5.92. The molecule has 8 heteroatoms. The predicted molar refractivity (Wildman–Crippen MR) is 96.6 cm³/mol. The smallest absolute Gasteiger partial charge is 0.410 e. The van der Waals surface area contributed by atoms with Crippen molar-refractivity contribution in [1.82, 2.24) is 4.90 Å². The van der Waals surface area contributed by atoms with Gasteiger partial charge in [0.15, 0.2) is 0 Å². The van der Waals surface area contributed by atoms with E-state index in [0.717, 1.165) is 0 Å². The average molecular weight is 367 g/mol. The van der Waals surface area contributed by atoms with Gasteiger partial charge in [-0.15, -0.1) is 0 Å². The number of esters is 1. The van der Waals surface area contributed by atoms with E-state index in [1.54, 1.807) is 4.90 Å². The van der Waals surface area contributed by atoms with Gasteiger partial charge in [-0.05, 0) is 45.7 Å². The minimum Gasteiger partial charge on any atom is -0.465 e. The molecular weight excluding hydrogens is 341 g/mol. The zero-order valence-corrected chi connectivity index (χ0v) is 15.6. The Morgan fingerprint density at radius 3 is 2.42 bits per heavy atom. The molecule has 1 aromatic rings. The number of anilines is 2. The van der Waals surface area contributed by atoms with Crippen molar-refractivity contribution in [1.29, 1.82) is 0 Å². The average Bonchev–Trinajstić information content (AvgIpc) is 2.56. The molecule has 1 aliphatic rings. The summed E-state index contributed by atoms with van der Waals surface area (Å²) in [6, 6.07) is 2.50. The van der Waals surface area contributed by atoms with E-state index in [1.165, 1.54) is 19.2 Å². The van der Waals surface area contributed by atoms with Crippen LogP contribution in [0, 0.1) is 5.82 Å². The molecule has 0 atom stereocenters. The number of nitrogens with zero attached hydrogens (tertiary/aromatic N) is 1. The van der Waals surface area contributed by atoms with Gasteiger partial charge in [0, 0.05) is 19.1 Å². The number of amides is 1. The maximum absolute atomic E-state index is 14.1. The van der Waals surface area contributed by atoms with Gasteiger partial charge in [0.05, 0.1) is 24.0 Å². The van der Waals surface area contributed by atoms with Crippen LogP contribution < -0.4 is 11.1 Å². The van der Waals surface area contributed by atoms with Crippen molar-refractivity contribution in [3.8, 4) is 0 Å². The molecular formula is C18H26FN3O4. The van der Waals surface area contributed by atoms with E-state index >= 15 is 0 Å². The largest absolute Gasteiger partial charge is 0.465 e. The van der Waals surface area contributed by atoms with Crippen molar-refractivity contribution in [3.05, 3.63) is 23.5 Å². The van der Waals surface area contributed by atoms with Gasteiger partial charge in [0.25, 0.3) is 0 Å². The van der Waals surface area contributed by atoms with Crippen molar-refractivity contribution < 1.29 is 23.5 Å². The van der Waals surface area contributed by atoms with Gasteiger partial charge in [0.2, 0.25) is 0 Å². The lowest BCUT2D eigenvalue weighted by Gasteiger charge is -2.34. The monoisotopic (exact) mass is 367 g/mol. The molecule has 1 amide bonds. The van der Waals surface area contributed by atoms with E-state index in [1.807, 2.05) is 20.8 Å². The summed E-state index contributed by atoms with van der Waals surface area (Å²) in [5, 5.41) is 3.19. The summed E-state index contributed by atoms with van der Waals surface area (Å²) in [6.45, 7) is 6.56. The van der Waals surface area contributed by atoms with Gasteiger partial charge in [-0.25, -0.2) is 14.0 Å². The van der Waals surface area contributed by atoms with Gasteiger partial charge in [-0.2, -0.15) is 0 Å². The van der Waals surface area contributed by atoms with Crippen LogP contribution in [0.15, 0.2) is 12.1 Å². The molecule has 2 rings (SSSR count). The fraction of sp³-hybridized carbons (Fsp3) is 0.556. The second kappa shape index (κ2) is 7.80. The number of nitrogens with two attached hydrogens (primary N) is 1. The Kier molecular flexibility index (Phi) is 5.94. The first-order valence-corrected chi connectivity index (χ1v) is 8.52. The van der Waals surface area contributed by atoms with Gasteiger partial charge < -0.3 is 25.4 Å². The van der Waals surface area contributed by atoms with Crippen LogP contribution in [0.25, 0.3) is 0 Å². The van der Waals surface area contributed by atoms with Gasteiger partial charge >= 0.3 is 12.1 Å². The molecule has 1 aromatic carbocycles. The molecule has 1 heterocycles. The van der Waals surface area contributed by atoms with Gasteiger partial charge in [0.1, 0.15) is 11.4 Å². The van der Waals surface area contributed by atoms with Gasteiger partial charge in [-0.3, -0.25) is 0 Å². The summed E-state index contributed by atoms with van der Waals surface area (Å²) >= 11 is 0. The van der Waals surface area contributed by atoms with Crippen LogP contribution in [-0.2, 0) is 9.47 Å². The Hall–Kier alpha value is -2.51. The number of halogens is 1. The number of carbonyl (C=O) groups excluding carboxylic acids is 2. The van der Waals surface area contributed by atoms with E-state index < -0.39 is 17.4 Å². The first-order chi connectivity index (χ1) is 12.1. The van der Waals surface area contributed by atoms with Crippen LogP contribution in [-0.4, -0.2) is 48.8 Å². The molecule has 1 saturated heterocycles. The Morgan fingerprint density at radius 1 is 1.27 bits per heavy atom. The lowest BCUT2D eigenvalue weighted by atomic mass is 10.0. The van der Waals surface area contributed by atoms with Gasteiger partial charge in [-0.1, -0.05) is 0 Å². The lowest BCUT2D eigenvalue weighted by molar-refractivity contribution is 0.0210. The predicted octanol–water partition coefficient (Wildman–Crippen LogP) is 3.01. The van der Waals surface area contributed by atoms with E-state index in [9.17, 15) is 14.0 Å². The topological polar surface area (TPSA) is 93.9 Å². The molecule has 1 aliphatic heterocycles. The first-order valence-electron chi connectivity index (χ1n) is 8.52. The zero-order chi connectivity index (χ0) is 19.5. The van der Waals surface area contributed by atoms with Crippen LogP contribution in [0.4, 0.5) is 20.6 Å². The molecule has 3 N–H and O–H groups in total. The molecule has 0 aliphatic carbocycles. The van der Waals surface area contributed by atoms with E-state index in [4.69, 9.17) is 10.5 Å². The number of hydrogen-bond donors (Lipinski definition) is 2. The minimum atomic E-state index is -0.772. The van der Waals surface area contributed by atoms with Crippen LogP contribution in [0.1, 0.15) is 44.0 Å². The number of rotatable bonds is 3. The van der Waals surface area contributed by atoms with Crippen molar-refractivity contribution in [2.45, 2.75) is 45.3 Å². The lowest BCUT2D eigenvalue weighted by Crippen LogP contribution is -2.44. The standard InChI is InChI=1S/C18H26FN3O4/c1-18(2,3)26-17(24)22-7-5-11(6-8-22)21-15-10-13(19)12(9-14(15)20)16(23)25-4/h9-11,21H,5-8,20H2,1-4H3. The molecule has 144 valence electrons. The zero-order valence-electron chi connectivity index (χ0n) is 15.6. The first kappa shape index (κ1) is 19.8. The number of ether oxygens (including phenoxy) is 2. The summed E-state index contributed by atoms with van der Waals surface area (Å²) in [5.74, 6) is -1.47. The maximum Gasteiger partial charge on any atom is 0.410 e. The quantitative estimate of drug-likeness (QED) is 0.630. The third kappa shape index (κ3) is 5.00. The van der Waals surface area contributed by atoms with Crippen molar-refractivity contribution in [2.24, 2.45) is 0 Å². The SMILES string of the molecule is COC(=O)c1cc(N)c(NC2CCN(C(=O)OC(C)(C)C)CC2)cc1F. The van der Waals surface area contributed by atoms with E-state index in [0.29, 0.717) is 31.6 Å². The number of benzene rings is 1. The number of nitrogens with one attached hydrogen (secondary N) is 1. The molecule has 0 unspecified atom stereocenters. The summed E-state index contributed by atoms with van der Waals surface area (Å²) in [7, 11) is 1.18. The Labute approximate surface area is 152 Å². The molecule has 0 radical (unpaired) electrons. The Balaban J connectivity index is 1.96. The van der Waals surface area contributed by atoms with Crippen LogP contribution in [0.2, 0.25) is 0 Å². The summed E-state index contributed by atoms with van der Waals surface area (Å²) in [6.07, 6.45) is 1.03. The van der Waals surface area contributed by atoms with Crippen molar-refractivity contribution in [2.75, 3.05) is 31.2 Å². The molecule has 0 bridgehead atoms. The third-order valence-electron chi connectivity index (χ3n) is 4.05. The number of likely N-dealkylation sites (tertiary alicyclic amines) is 1. The number of piperidine rings is 1. The fourth-order valence-corrected chi connectivity index (χ4v) is 2.73. The van der Waals surface area contributed by atoms with Crippen LogP contribution in [0.5, 0.6) is 0 Å². The second-order valence-corrected chi connectivity index (χ2v) is 7.30. The Morgan fingerprint density at radius 2 is 1.88 bits per heavy atom. The normalized spacial score (nSPS) is 15.5. The summed E-state index contributed by atoms with van der Waals surface area (Å²) < 4.78 is 24.0. The van der Waals surface area contributed by atoms with E-state index in [-0.39, 0.29) is 23.4 Å². The molecule has 0 saturated carbocycles. The van der Waals surface area contributed by atoms with E-state index in [2.05, 4.69) is 10.1 Å². The second-order valence-electron chi connectivity index (χ2n) is 7.30. The van der Waals surface area contributed by atoms with Crippen LogP contribution in [0.3, 0.4) is 0 Å². The number of methoxy groups -OCH3 is 1. The number of hydrogen-bond acceptors (Lipinski definition) is 6. The highest BCUT2D eigenvalue weighted by Crippen LogP contribution is 2.26. The number of nitrogen functional groups attached to an aromatic ring is 1.